The highest BCUT2D eigenvalue weighted by Gasteiger charge is 2.20. The highest BCUT2D eigenvalue weighted by Crippen LogP contribution is 2.28. The van der Waals surface area contributed by atoms with Crippen LogP contribution in [-0.2, 0) is 9.47 Å². The van der Waals surface area contributed by atoms with Gasteiger partial charge in [0.05, 0.1) is 14.2 Å². The third kappa shape index (κ3) is 2.95. The van der Waals surface area contributed by atoms with E-state index in [1.54, 1.807) is 18.2 Å². The number of carbonyl (C=O) groups is 1. The molecule has 1 aromatic carbocycles. The smallest absolute Gasteiger partial charge is 0.222 e. The molecule has 0 radical (unpaired) electrons. The molecule has 0 spiro atoms. The fraction of sp³-hybridized carbons (Fsp3) is 0.417. The second-order valence-electron chi connectivity index (χ2n) is 3.24. The summed E-state index contributed by atoms with van der Waals surface area (Å²) >= 11 is 0. The van der Waals surface area contributed by atoms with Crippen molar-refractivity contribution in [1.29, 1.82) is 0 Å². The van der Waals surface area contributed by atoms with Crippen molar-refractivity contribution in [3.8, 4) is 11.5 Å². The molecule has 5 nitrogen and oxygen atoms in total. The summed E-state index contributed by atoms with van der Waals surface area (Å²) in [7, 11) is 5.86. The number of rotatable bonds is 6. The van der Waals surface area contributed by atoms with Gasteiger partial charge in [-0.2, -0.15) is 0 Å². The van der Waals surface area contributed by atoms with Crippen LogP contribution in [-0.4, -0.2) is 40.5 Å². The zero-order chi connectivity index (χ0) is 12.8. The first kappa shape index (κ1) is 13.5. The van der Waals surface area contributed by atoms with Crippen LogP contribution in [0, 0.1) is 0 Å². The largest absolute Gasteiger partial charge is 0.493 e. The van der Waals surface area contributed by atoms with Crippen molar-refractivity contribution in [2.75, 3.05) is 28.4 Å². The third-order valence-electron chi connectivity index (χ3n) is 2.31. The minimum atomic E-state index is -0.909. The molecule has 0 atom stereocenters. The number of ketones is 1. The third-order valence-corrected chi connectivity index (χ3v) is 2.31. The van der Waals surface area contributed by atoms with Gasteiger partial charge in [0, 0.05) is 19.8 Å². The minimum Gasteiger partial charge on any atom is -0.493 e. The normalized spacial score (nSPS) is 10.4. The van der Waals surface area contributed by atoms with Crippen LogP contribution in [0.5, 0.6) is 11.5 Å². The molecule has 1 rings (SSSR count). The van der Waals surface area contributed by atoms with Crippen LogP contribution in [0.3, 0.4) is 0 Å². The van der Waals surface area contributed by atoms with Crippen LogP contribution in [0.4, 0.5) is 0 Å². The second-order valence-corrected chi connectivity index (χ2v) is 3.24. The Bertz CT molecular complexity index is 384. The molecule has 0 aromatic heterocycles. The Hall–Kier alpha value is -1.59. The van der Waals surface area contributed by atoms with E-state index in [-0.39, 0.29) is 5.78 Å². The Balaban J connectivity index is 3.03. The summed E-state index contributed by atoms with van der Waals surface area (Å²) in [5.41, 5.74) is 0.441. The van der Waals surface area contributed by atoms with E-state index in [0.29, 0.717) is 17.1 Å². The number of hydrogen-bond acceptors (Lipinski definition) is 5. The molecule has 0 saturated heterocycles. The van der Waals surface area contributed by atoms with Crippen molar-refractivity contribution < 1.29 is 23.7 Å². The van der Waals surface area contributed by atoms with E-state index in [0.717, 1.165) is 0 Å². The van der Waals surface area contributed by atoms with E-state index in [1.807, 2.05) is 0 Å². The maximum Gasteiger partial charge on any atom is 0.222 e. The Morgan fingerprint density at radius 2 is 1.59 bits per heavy atom. The topological polar surface area (TPSA) is 54.0 Å². The summed E-state index contributed by atoms with van der Waals surface area (Å²) in [5.74, 6) is 0.788. The van der Waals surface area contributed by atoms with Crippen LogP contribution >= 0.6 is 0 Å². The first-order valence-corrected chi connectivity index (χ1v) is 4.99. The van der Waals surface area contributed by atoms with Gasteiger partial charge in [0.25, 0.3) is 0 Å². The van der Waals surface area contributed by atoms with Crippen molar-refractivity contribution in [1.82, 2.24) is 0 Å². The van der Waals surface area contributed by atoms with Crippen molar-refractivity contribution in [3.63, 3.8) is 0 Å². The van der Waals surface area contributed by atoms with E-state index in [9.17, 15) is 4.79 Å². The summed E-state index contributed by atoms with van der Waals surface area (Å²) in [5, 5.41) is 0. The number of benzene rings is 1. The molecule has 1 aromatic rings. The van der Waals surface area contributed by atoms with Crippen LogP contribution in [0.1, 0.15) is 10.4 Å². The number of Topliss-reactive ketones (excluding diaryl/α,β-unsaturated/α-hetero) is 1. The SMILES string of the molecule is COc1ccc(C(=O)C(OC)OC)cc1OC. The van der Waals surface area contributed by atoms with E-state index < -0.39 is 6.29 Å². The minimum absolute atomic E-state index is 0.268. The molecule has 0 aliphatic carbocycles. The van der Waals surface area contributed by atoms with Gasteiger partial charge in [-0.05, 0) is 18.2 Å². The molecule has 94 valence electrons. The zero-order valence-electron chi connectivity index (χ0n) is 10.4. The molecule has 0 bridgehead atoms. The molecule has 0 unspecified atom stereocenters. The molecule has 0 aliphatic heterocycles. The van der Waals surface area contributed by atoms with Gasteiger partial charge >= 0.3 is 0 Å². The van der Waals surface area contributed by atoms with Crippen molar-refractivity contribution >= 4 is 5.78 Å². The quantitative estimate of drug-likeness (QED) is 0.557. The Labute approximate surface area is 100 Å². The van der Waals surface area contributed by atoms with Crippen molar-refractivity contribution in [2.45, 2.75) is 6.29 Å². The predicted octanol–water partition coefficient (Wildman–Crippen LogP) is 1.51. The van der Waals surface area contributed by atoms with Crippen LogP contribution < -0.4 is 9.47 Å². The Kier molecular flexibility index (Phi) is 4.93. The number of methoxy groups -OCH3 is 4. The van der Waals surface area contributed by atoms with Gasteiger partial charge in [0.15, 0.2) is 11.5 Å². The van der Waals surface area contributed by atoms with E-state index in [2.05, 4.69) is 0 Å². The number of ether oxygens (including phenoxy) is 4. The molecule has 5 heteroatoms. The number of hydrogen-bond donors (Lipinski definition) is 0. The van der Waals surface area contributed by atoms with Crippen molar-refractivity contribution in [2.24, 2.45) is 0 Å². The summed E-state index contributed by atoms with van der Waals surface area (Å²) in [6, 6.07) is 4.88. The van der Waals surface area contributed by atoms with E-state index in [1.165, 1.54) is 28.4 Å². The lowest BCUT2D eigenvalue weighted by Crippen LogP contribution is -2.24. The van der Waals surface area contributed by atoms with Gasteiger partial charge in [0.1, 0.15) is 0 Å². The fourth-order valence-electron chi connectivity index (χ4n) is 1.44. The highest BCUT2D eigenvalue weighted by molar-refractivity contribution is 5.99. The molecular weight excluding hydrogens is 224 g/mol. The van der Waals surface area contributed by atoms with Gasteiger partial charge in [-0.15, -0.1) is 0 Å². The zero-order valence-corrected chi connectivity index (χ0v) is 10.4. The molecule has 0 fully saturated rings. The molecule has 17 heavy (non-hydrogen) atoms. The Morgan fingerprint density at radius 1 is 1.00 bits per heavy atom. The lowest BCUT2D eigenvalue weighted by molar-refractivity contribution is -0.0742. The van der Waals surface area contributed by atoms with Gasteiger partial charge in [-0.3, -0.25) is 4.79 Å². The summed E-state index contributed by atoms with van der Waals surface area (Å²) in [6.45, 7) is 0. The molecule has 0 aliphatic rings. The maximum absolute atomic E-state index is 11.9. The predicted molar refractivity (Wildman–Crippen MR) is 61.7 cm³/mol. The average molecular weight is 240 g/mol. The van der Waals surface area contributed by atoms with Crippen molar-refractivity contribution in [3.05, 3.63) is 23.8 Å². The Morgan fingerprint density at radius 3 is 2.06 bits per heavy atom. The first-order valence-electron chi connectivity index (χ1n) is 4.99. The molecule has 0 amide bonds. The molecular formula is C12H16O5. The van der Waals surface area contributed by atoms with E-state index >= 15 is 0 Å². The maximum atomic E-state index is 11.9. The van der Waals surface area contributed by atoms with E-state index in [4.69, 9.17) is 18.9 Å². The summed E-state index contributed by atoms with van der Waals surface area (Å²) in [6.07, 6.45) is -0.909. The van der Waals surface area contributed by atoms with Gasteiger partial charge in [-0.25, -0.2) is 0 Å². The van der Waals surface area contributed by atoms with Crippen LogP contribution in [0.2, 0.25) is 0 Å². The monoisotopic (exact) mass is 240 g/mol. The van der Waals surface area contributed by atoms with Gasteiger partial charge < -0.3 is 18.9 Å². The lowest BCUT2D eigenvalue weighted by Gasteiger charge is -2.13. The standard InChI is InChI=1S/C12H16O5/c1-14-9-6-5-8(7-10(9)15-2)11(13)12(16-3)17-4/h5-7,12H,1-4H3. The molecule has 0 N–H and O–H groups in total. The lowest BCUT2D eigenvalue weighted by atomic mass is 10.1. The number of carbonyl (C=O) groups excluding carboxylic acids is 1. The highest BCUT2D eigenvalue weighted by atomic mass is 16.7. The van der Waals surface area contributed by atoms with Crippen LogP contribution in [0.15, 0.2) is 18.2 Å². The summed E-state index contributed by atoms with van der Waals surface area (Å²) in [4.78, 5) is 11.9. The average Bonchev–Trinajstić information content (AvgIpc) is 2.39. The van der Waals surface area contributed by atoms with Gasteiger partial charge in [0.2, 0.25) is 12.1 Å². The van der Waals surface area contributed by atoms with Gasteiger partial charge in [-0.1, -0.05) is 0 Å². The van der Waals surface area contributed by atoms with Crippen LogP contribution in [0.25, 0.3) is 0 Å². The first-order chi connectivity index (χ1) is 8.17. The molecule has 0 saturated carbocycles. The second kappa shape index (κ2) is 6.22. The summed E-state index contributed by atoms with van der Waals surface area (Å²) < 4.78 is 20.0. The molecule has 0 heterocycles. The fourth-order valence-corrected chi connectivity index (χ4v) is 1.44.